The van der Waals surface area contributed by atoms with Gasteiger partial charge in [-0.05, 0) is 18.9 Å². The van der Waals surface area contributed by atoms with Gasteiger partial charge in [-0.15, -0.1) is 23.2 Å². The van der Waals surface area contributed by atoms with Gasteiger partial charge in [0.05, 0.1) is 35.9 Å². The van der Waals surface area contributed by atoms with E-state index in [0.29, 0.717) is 5.56 Å². The van der Waals surface area contributed by atoms with E-state index in [-0.39, 0.29) is 19.4 Å². The fourth-order valence-electron chi connectivity index (χ4n) is 4.56. The predicted octanol–water partition coefficient (Wildman–Crippen LogP) is -1.09. The fraction of sp³-hybridized carbons (Fsp3) is 0.560. The Balaban J connectivity index is 2.03. The van der Waals surface area contributed by atoms with Gasteiger partial charge in [-0.25, -0.2) is 0 Å². The summed E-state index contributed by atoms with van der Waals surface area (Å²) in [6, 6.07) is 2.37. The third kappa shape index (κ3) is 7.18. The second-order valence-electron chi connectivity index (χ2n) is 9.57. The standard InChI is InChI=1S/C25H33Cl2N5O7/c1-3-15-22(36)30-17(11-33)23(37)29-16(13-7-5-4-6-8-13)9-18(35)31-20(12(2)34)25(39)32-10-14(26)19(27)21(32)24(38)28-15/h4-8,12,14-17,19-21,33-34H,3,9-11H2,1-2H3,(H,28,38)(H,29,37)(H,30,36)(H,31,35)/t12?,14-,15?,16-,17+,19-,20+,21+/m1/s1. The lowest BCUT2D eigenvalue weighted by Gasteiger charge is -2.32. The molecule has 2 saturated heterocycles. The zero-order chi connectivity index (χ0) is 28.9. The van der Waals surface area contributed by atoms with Crippen LogP contribution in [0.15, 0.2) is 30.3 Å². The summed E-state index contributed by atoms with van der Waals surface area (Å²) < 4.78 is 0. The van der Waals surface area contributed by atoms with Crippen molar-refractivity contribution in [3.05, 3.63) is 35.9 Å². The van der Waals surface area contributed by atoms with Gasteiger partial charge in [-0.3, -0.25) is 24.0 Å². The number of fused-ring (bicyclic) bond motifs is 1. The third-order valence-corrected chi connectivity index (χ3v) is 7.82. The average molecular weight is 586 g/mol. The molecule has 14 heteroatoms. The summed E-state index contributed by atoms with van der Waals surface area (Å²) in [5.41, 5.74) is 0.554. The molecule has 0 spiro atoms. The molecule has 5 amide bonds. The van der Waals surface area contributed by atoms with Crippen molar-refractivity contribution in [1.82, 2.24) is 26.2 Å². The number of carbonyl (C=O) groups is 5. The molecule has 0 saturated carbocycles. The van der Waals surface area contributed by atoms with Crippen molar-refractivity contribution >= 4 is 52.7 Å². The summed E-state index contributed by atoms with van der Waals surface area (Å²) in [6.07, 6.45) is -1.57. The summed E-state index contributed by atoms with van der Waals surface area (Å²) in [5.74, 6) is -3.75. The molecule has 8 atom stereocenters. The molecule has 39 heavy (non-hydrogen) atoms. The van der Waals surface area contributed by atoms with Gasteiger partial charge in [0.1, 0.15) is 24.2 Å². The number of amides is 5. The van der Waals surface area contributed by atoms with Gasteiger partial charge < -0.3 is 36.4 Å². The summed E-state index contributed by atoms with van der Waals surface area (Å²) in [7, 11) is 0. The van der Waals surface area contributed by atoms with Gasteiger partial charge in [0.15, 0.2) is 0 Å². The molecule has 2 aliphatic rings. The van der Waals surface area contributed by atoms with E-state index in [1.807, 2.05) is 0 Å². The minimum atomic E-state index is -1.45. The SMILES string of the molecule is CCC1NC(=O)[C@@H]2[C@H](Cl)[C@H](Cl)CN2C(=O)[C@H](C(C)O)NC(=O)C[C@H](c2ccccc2)NC(=O)[C@H](CO)NC1=O. The van der Waals surface area contributed by atoms with E-state index in [1.165, 1.54) is 6.92 Å². The predicted molar refractivity (Wildman–Crippen MR) is 142 cm³/mol. The van der Waals surface area contributed by atoms with Crippen LogP contribution in [-0.4, -0.2) is 98.8 Å². The number of hydrogen-bond acceptors (Lipinski definition) is 7. The highest BCUT2D eigenvalue weighted by atomic mass is 35.5. The monoisotopic (exact) mass is 585 g/mol. The maximum Gasteiger partial charge on any atom is 0.248 e. The minimum Gasteiger partial charge on any atom is -0.394 e. The van der Waals surface area contributed by atoms with Crippen LogP contribution >= 0.6 is 23.2 Å². The molecule has 214 valence electrons. The van der Waals surface area contributed by atoms with Crippen molar-refractivity contribution in [1.29, 1.82) is 0 Å². The quantitative estimate of drug-likeness (QED) is 0.243. The van der Waals surface area contributed by atoms with Crippen LogP contribution in [0.4, 0.5) is 0 Å². The third-order valence-electron chi connectivity index (χ3n) is 6.74. The molecule has 6 N–H and O–H groups in total. The number of hydrogen-bond donors (Lipinski definition) is 6. The molecule has 0 bridgehead atoms. The maximum absolute atomic E-state index is 13.5. The van der Waals surface area contributed by atoms with Crippen molar-refractivity contribution < 1.29 is 34.2 Å². The van der Waals surface area contributed by atoms with E-state index >= 15 is 0 Å². The zero-order valence-corrected chi connectivity index (χ0v) is 23.0. The van der Waals surface area contributed by atoms with Gasteiger partial charge in [0.2, 0.25) is 29.5 Å². The second kappa shape index (κ2) is 13.4. The summed E-state index contributed by atoms with van der Waals surface area (Å²) in [5, 5.41) is 28.5. The number of aliphatic hydroxyl groups excluding tert-OH is 2. The van der Waals surface area contributed by atoms with E-state index in [0.717, 1.165) is 4.90 Å². The van der Waals surface area contributed by atoms with Crippen molar-refractivity contribution in [2.24, 2.45) is 0 Å². The molecule has 2 aliphatic heterocycles. The number of alkyl halides is 2. The molecule has 1 aromatic carbocycles. The first-order chi connectivity index (χ1) is 18.5. The average Bonchev–Trinajstić information content (AvgIpc) is 3.21. The molecule has 1 aromatic rings. The van der Waals surface area contributed by atoms with Gasteiger partial charge in [0.25, 0.3) is 0 Å². The molecule has 0 radical (unpaired) electrons. The first kappa shape index (κ1) is 30.6. The van der Waals surface area contributed by atoms with Crippen LogP contribution in [-0.2, 0) is 24.0 Å². The Hall–Kier alpha value is -2.93. The molecule has 2 fully saturated rings. The highest BCUT2D eigenvalue weighted by Crippen LogP contribution is 2.29. The van der Waals surface area contributed by atoms with Gasteiger partial charge >= 0.3 is 0 Å². The van der Waals surface area contributed by atoms with Crippen LogP contribution in [0.5, 0.6) is 0 Å². The first-order valence-corrected chi connectivity index (χ1v) is 13.5. The summed E-state index contributed by atoms with van der Waals surface area (Å²) in [6.45, 7) is 2.05. The maximum atomic E-state index is 13.5. The Morgan fingerprint density at radius 1 is 0.949 bits per heavy atom. The van der Waals surface area contributed by atoms with Crippen LogP contribution < -0.4 is 21.3 Å². The second-order valence-corrected chi connectivity index (χ2v) is 10.6. The Labute approximate surface area is 235 Å². The van der Waals surface area contributed by atoms with Gasteiger partial charge in [0, 0.05) is 6.54 Å². The Morgan fingerprint density at radius 2 is 1.56 bits per heavy atom. The summed E-state index contributed by atoms with van der Waals surface area (Å²) in [4.78, 5) is 67.0. The number of carbonyl (C=O) groups excluding carboxylic acids is 5. The smallest absolute Gasteiger partial charge is 0.248 e. The number of nitrogens with one attached hydrogen (secondary N) is 4. The van der Waals surface area contributed by atoms with Crippen molar-refractivity contribution in [2.75, 3.05) is 13.2 Å². The number of benzene rings is 1. The van der Waals surface area contributed by atoms with Crippen LogP contribution in [0, 0.1) is 0 Å². The Morgan fingerprint density at radius 3 is 2.15 bits per heavy atom. The largest absolute Gasteiger partial charge is 0.394 e. The lowest BCUT2D eigenvalue weighted by atomic mass is 10.0. The first-order valence-electron chi connectivity index (χ1n) is 12.6. The highest BCUT2D eigenvalue weighted by molar-refractivity contribution is 6.32. The van der Waals surface area contributed by atoms with Crippen LogP contribution in [0.25, 0.3) is 0 Å². The van der Waals surface area contributed by atoms with Crippen molar-refractivity contribution in [3.63, 3.8) is 0 Å². The fourth-order valence-corrected chi connectivity index (χ4v) is 5.17. The lowest BCUT2D eigenvalue weighted by molar-refractivity contribution is -0.144. The van der Waals surface area contributed by atoms with E-state index in [2.05, 4.69) is 21.3 Å². The molecule has 2 unspecified atom stereocenters. The summed E-state index contributed by atoms with van der Waals surface area (Å²) >= 11 is 12.7. The molecule has 3 rings (SSSR count). The van der Waals surface area contributed by atoms with E-state index in [1.54, 1.807) is 37.3 Å². The number of aliphatic hydroxyl groups is 2. The van der Waals surface area contributed by atoms with E-state index < -0.39 is 83.2 Å². The van der Waals surface area contributed by atoms with Crippen molar-refractivity contribution in [2.45, 2.75) is 73.8 Å². The van der Waals surface area contributed by atoms with E-state index in [4.69, 9.17) is 23.2 Å². The number of rotatable bonds is 4. The van der Waals surface area contributed by atoms with Crippen LogP contribution in [0.2, 0.25) is 0 Å². The minimum absolute atomic E-state index is 0.119. The highest BCUT2D eigenvalue weighted by Gasteiger charge is 2.49. The van der Waals surface area contributed by atoms with E-state index in [9.17, 15) is 34.2 Å². The number of halogens is 2. The van der Waals surface area contributed by atoms with Gasteiger partial charge in [-0.2, -0.15) is 0 Å². The number of nitrogens with zero attached hydrogens (tertiary/aromatic N) is 1. The van der Waals surface area contributed by atoms with Crippen LogP contribution in [0.1, 0.15) is 38.3 Å². The molecule has 2 heterocycles. The lowest BCUT2D eigenvalue weighted by Crippen LogP contribution is -2.61. The van der Waals surface area contributed by atoms with Crippen LogP contribution in [0.3, 0.4) is 0 Å². The molecule has 0 aliphatic carbocycles. The van der Waals surface area contributed by atoms with Crippen molar-refractivity contribution in [3.8, 4) is 0 Å². The molecular weight excluding hydrogens is 553 g/mol. The Bertz CT molecular complexity index is 1080. The molecule has 12 nitrogen and oxygen atoms in total. The molecule has 0 aromatic heterocycles. The molecular formula is C25H33Cl2N5O7. The topological polar surface area (TPSA) is 177 Å². The zero-order valence-electron chi connectivity index (χ0n) is 21.5. The normalized spacial score (nSPS) is 32.0. The Kier molecular flexibility index (Phi) is 10.5. The van der Waals surface area contributed by atoms with Gasteiger partial charge in [-0.1, -0.05) is 37.3 Å².